The minimum absolute atomic E-state index is 0.358. The maximum atomic E-state index is 10.9. The van der Waals surface area contributed by atoms with E-state index in [1.54, 1.807) is 0 Å². The number of hydrogen-bond donors (Lipinski definition) is 0. The predicted octanol–water partition coefficient (Wildman–Crippen LogP) is 5.00. The van der Waals surface area contributed by atoms with Crippen molar-refractivity contribution in [2.45, 2.75) is 25.7 Å². The van der Waals surface area contributed by atoms with Crippen LogP contribution in [0.5, 0.6) is 5.75 Å². The van der Waals surface area contributed by atoms with Crippen molar-refractivity contribution in [3.63, 3.8) is 0 Å². The summed E-state index contributed by atoms with van der Waals surface area (Å²) in [5, 5.41) is 0. The van der Waals surface area contributed by atoms with E-state index in [0.29, 0.717) is 13.2 Å². The first-order chi connectivity index (χ1) is 12.7. The molecule has 0 heterocycles. The Morgan fingerprint density at radius 1 is 0.923 bits per heavy atom. The first-order valence-electron chi connectivity index (χ1n) is 8.82. The molecular weight excluding hydrogens is 324 g/mol. The zero-order valence-electron chi connectivity index (χ0n) is 14.9. The lowest BCUT2D eigenvalue weighted by Crippen LogP contribution is -2.02. The predicted molar refractivity (Wildman–Crippen MR) is 105 cm³/mol. The number of terminal acetylenes is 1. The van der Waals surface area contributed by atoms with E-state index < -0.39 is 0 Å². The highest BCUT2D eigenvalue weighted by Gasteiger charge is 2.00. The maximum absolute atomic E-state index is 10.9. The molecule has 3 heteroatoms. The number of ether oxygens (including phenoxy) is 2. The maximum Gasteiger partial charge on any atom is 0.330 e. The molecule has 0 aliphatic rings. The molecule has 0 saturated carbocycles. The zero-order chi connectivity index (χ0) is 18.6. The van der Waals surface area contributed by atoms with Crippen LogP contribution >= 0.6 is 0 Å². The molecule has 2 rings (SSSR count). The highest BCUT2D eigenvalue weighted by atomic mass is 16.5. The van der Waals surface area contributed by atoms with Crippen molar-refractivity contribution < 1.29 is 14.3 Å². The van der Waals surface area contributed by atoms with Crippen molar-refractivity contribution in [2.75, 3.05) is 13.2 Å². The number of esters is 1. The lowest BCUT2D eigenvalue weighted by molar-refractivity contribution is -0.137. The van der Waals surface area contributed by atoms with Gasteiger partial charge in [0.1, 0.15) is 5.75 Å². The van der Waals surface area contributed by atoms with Crippen LogP contribution in [0, 0.1) is 12.3 Å². The molecule has 2 aromatic rings. The van der Waals surface area contributed by atoms with Gasteiger partial charge in [-0.1, -0.05) is 36.8 Å². The summed E-state index contributed by atoms with van der Waals surface area (Å²) in [5.74, 6) is 3.13. The summed E-state index contributed by atoms with van der Waals surface area (Å²) in [5.41, 5.74) is 3.15. The van der Waals surface area contributed by atoms with Crippen molar-refractivity contribution in [1.29, 1.82) is 0 Å². The molecule has 0 aliphatic carbocycles. The number of benzene rings is 2. The van der Waals surface area contributed by atoms with Gasteiger partial charge in [-0.15, -0.1) is 6.42 Å². The normalized spacial score (nSPS) is 9.96. The molecular formula is C23H24O3. The largest absolute Gasteiger partial charge is 0.494 e. The van der Waals surface area contributed by atoms with Gasteiger partial charge in [0.15, 0.2) is 0 Å². The van der Waals surface area contributed by atoms with Crippen molar-refractivity contribution in [3.05, 3.63) is 66.7 Å². The van der Waals surface area contributed by atoms with E-state index in [0.717, 1.165) is 48.1 Å². The molecule has 0 amide bonds. The Morgan fingerprint density at radius 3 is 2.08 bits per heavy atom. The van der Waals surface area contributed by atoms with Crippen LogP contribution in [0.2, 0.25) is 0 Å². The quantitative estimate of drug-likeness (QED) is 0.262. The average Bonchev–Trinajstić information content (AvgIpc) is 2.70. The number of rotatable bonds is 10. The molecule has 26 heavy (non-hydrogen) atoms. The SMILES string of the molecule is C#Cc1ccc(-c2ccc(OCCCCCCOC(=O)C=C)cc2)cc1. The molecule has 0 atom stereocenters. The van der Waals surface area contributed by atoms with E-state index in [1.165, 1.54) is 6.08 Å². The lowest BCUT2D eigenvalue weighted by Gasteiger charge is -2.08. The molecule has 3 nitrogen and oxygen atoms in total. The zero-order valence-corrected chi connectivity index (χ0v) is 14.9. The molecule has 0 aliphatic heterocycles. The van der Waals surface area contributed by atoms with Gasteiger partial charge >= 0.3 is 5.97 Å². The van der Waals surface area contributed by atoms with E-state index in [2.05, 4.69) is 12.5 Å². The summed E-state index contributed by atoms with van der Waals surface area (Å²) in [6, 6.07) is 16.0. The van der Waals surface area contributed by atoms with Crippen LogP contribution in [0.3, 0.4) is 0 Å². The fraction of sp³-hybridized carbons (Fsp3) is 0.261. The summed E-state index contributed by atoms with van der Waals surface area (Å²) in [6.45, 7) is 4.50. The molecule has 0 fully saturated rings. The van der Waals surface area contributed by atoms with Crippen LogP contribution in [0.25, 0.3) is 11.1 Å². The Labute approximate surface area is 155 Å². The van der Waals surface area contributed by atoms with Gasteiger partial charge < -0.3 is 9.47 Å². The minimum Gasteiger partial charge on any atom is -0.494 e. The van der Waals surface area contributed by atoms with Crippen LogP contribution in [-0.2, 0) is 9.53 Å². The first kappa shape index (κ1) is 19.3. The summed E-state index contributed by atoms with van der Waals surface area (Å²) in [6.07, 6.45) is 10.5. The Balaban J connectivity index is 1.65. The minimum atomic E-state index is -0.358. The summed E-state index contributed by atoms with van der Waals surface area (Å²) < 4.78 is 10.7. The van der Waals surface area contributed by atoms with Crippen LogP contribution in [-0.4, -0.2) is 19.2 Å². The fourth-order valence-corrected chi connectivity index (χ4v) is 2.48. The van der Waals surface area contributed by atoms with E-state index in [1.807, 2.05) is 48.5 Å². The molecule has 0 bridgehead atoms. The first-order valence-corrected chi connectivity index (χ1v) is 8.82. The number of carbonyl (C=O) groups is 1. The Bertz CT molecular complexity index is 737. The highest BCUT2D eigenvalue weighted by molar-refractivity contribution is 5.81. The molecule has 0 spiro atoms. The fourth-order valence-electron chi connectivity index (χ4n) is 2.48. The second-order valence-electron chi connectivity index (χ2n) is 5.88. The summed E-state index contributed by atoms with van der Waals surface area (Å²) in [7, 11) is 0. The van der Waals surface area contributed by atoms with Gasteiger partial charge in [-0.2, -0.15) is 0 Å². The van der Waals surface area contributed by atoms with Crippen molar-refractivity contribution in [1.82, 2.24) is 0 Å². The molecule has 0 aromatic heterocycles. The van der Waals surface area contributed by atoms with Gasteiger partial charge in [-0.05, 0) is 61.1 Å². The number of carbonyl (C=O) groups excluding carboxylic acids is 1. The van der Waals surface area contributed by atoms with Crippen molar-refractivity contribution in [3.8, 4) is 29.2 Å². The lowest BCUT2D eigenvalue weighted by atomic mass is 10.0. The monoisotopic (exact) mass is 348 g/mol. The van der Waals surface area contributed by atoms with Crippen LogP contribution in [0.4, 0.5) is 0 Å². The van der Waals surface area contributed by atoms with Crippen LogP contribution < -0.4 is 4.74 Å². The van der Waals surface area contributed by atoms with Crippen molar-refractivity contribution >= 4 is 5.97 Å². The van der Waals surface area contributed by atoms with Gasteiger partial charge in [0.25, 0.3) is 0 Å². The topological polar surface area (TPSA) is 35.5 Å². The number of unbranched alkanes of at least 4 members (excludes halogenated alkanes) is 3. The number of hydrogen-bond acceptors (Lipinski definition) is 3. The van der Waals surface area contributed by atoms with Crippen LogP contribution in [0.1, 0.15) is 31.2 Å². The van der Waals surface area contributed by atoms with E-state index in [-0.39, 0.29) is 5.97 Å². The molecule has 0 unspecified atom stereocenters. The Kier molecular flexibility index (Phi) is 8.02. The summed E-state index contributed by atoms with van der Waals surface area (Å²) >= 11 is 0. The average molecular weight is 348 g/mol. The molecule has 0 N–H and O–H groups in total. The third kappa shape index (κ3) is 6.49. The molecule has 0 saturated heterocycles. The van der Waals surface area contributed by atoms with E-state index in [4.69, 9.17) is 15.9 Å². The molecule has 134 valence electrons. The van der Waals surface area contributed by atoms with E-state index >= 15 is 0 Å². The molecule has 0 radical (unpaired) electrons. The Morgan fingerprint density at radius 2 is 1.50 bits per heavy atom. The second kappa shape index (κ2) is 10.8. The van der Waals surface area contributed by atoms with E-state index in [9.17, 15) is 4.79 Å². The second-order valence-corrected chi connectivity index (χ2v) is 5.88. The van der Waals surface area contributed by atoms with Gasteiger partial charge in [0.2, 0.25) is 0 Å². The van der Waals surface area contributed by atoms with Crippen LogP contribution in [0.15, 0.2) is 61.2 Å². The summed E-state index contributed by atoms with van der Waals surface area (Å²) in [4.78, 5) is 10.9. The highest BCUT2D eigenvalue weighted by Crippen LogP contribution is 2.23. The molecule has 2 aromatic carbocycles. The standard InChI is InChI=1S/C23H24O3/c1-3-19-9-11-20(12-10-19)21-13-15-22(16-14-21)25-17-7-5-6-8-18-26-23(24)4-2/h1,4,9-16H,2,5-8,17-18H2. The van der Waals surface area contributed by atoms with Gasteiger partial charge in [-0.25, -0.2) is 4.79 Å². The smallest absolute Gasteiger partial charge is 0.330 e. The van der Waals surface area contributed by atoms with Crippen molar-refractivity contribution in [2.24, 2.45) is 0 Å². The van der Waals surface area contributed by atoms with Gasteiger partial charge in [-0.3, -0.25) is 0 Å². The van der Waals surface area contributed by atoms with Gasteiger partial charge in [0.05, 0.1) is 13.2 Å². The Hall–Kier alpha value is -2.99. The third-order valence-corrected chi connectivity index (χ3v) is 3.96. The van der Waals surface area contributed by atoms with Gasteiger partial charge in [0, 0.05) is 11.6 Å². The third-order valence-electron chi connectivity index (χ3n) is 3.96.